The number of benzene rings is 1. The quantitative estimate of drug-likeness (QED) is 0.795. The highest BCUT2D eigenvalue weighted by Crippen LogP contribution is 2.14. The van der Waals surface area contributed by atoms with Gasteiger partial charge in [-0.2, -0.15) is 0 Å². The lowest BCUT2D eigenvalue weighted by Crippen LogP contribution is -2.39. The van der Waals surface area contributed by atoms with Crippen LogP contribution in [0.15, 0.2) is 18.2 Å². The van der Waals surface area contributed by atoms with Crippen LogP contribution >= 0.6 is 12.2 Å². The number of nitrogens with one attached hydrogen (secondary N) is 1. The molecule has 0 aliphatic carbocycles. The number of halogens is 1. The molecule has 0 unspecified atom stereocenters. The van der Waals surface area contributed by atoms with E-state index in [1.807, 2.05) is 0 Å². The van der Waals surface area contributed by atoms with Crippen LogP contribution < -0.4 is 11.1 Å². The molecule has 0 saturated carbocycles. The summed E-state index contributed by atoms with van der Waals surface area (Å²) in [6, 6.07) is 4.82. The fraction of sp³-hybridized carbons (Fsp3) is 0.462. The predicted octanol–water partition coefficient (Wildman–Crippen LogP) is 1.20. The molecule has 1 aliphatic heterocycles. The van der Waals surface area contributed by atoms with Gasteiger partial charge in [0.25, 0.3) is 0 Å². The smallest absolute Gasteiger partial charge is 0.135 e. The molecule has 0 radical (unpaired) electrons. The first-order valence-corrected chi connectivity index (χ1v) is 6.71. The number of nitrogens with two attached hydrogens (primary N) is 1. The minimum atomic E-state index is -0.385. The first-order chi connectivity index (χ1) is 9.16. The van der Waals surface area contributed by atoms with Crippen molar-refractivity contribution in [2.45, 2.75) is 0 Å². The third kappa shape index (κ3) is 4.12. The van der Waals surface area contributed by atoms with Crippen LogP contribution in [-0.2, 0) is 4.74 Å². The van der Waals surface area contributed by atoms with Gasteiger partial charge >= 0.3 is 0 Å². The molecule has 1 heterocycles. The van der Waals surface area contributed by atoms with Gasteiger partial charge in [-0.1, -0.05) is 12.2 Å². The molecule has 1 saturated heterocycles. The van der Waals surface area contributed by atoms with E-state index in [0.29, 0.717) is 0 Å². The lowest BCUT2D eigenvalue weighted by atomic mass is 10.2. The summed E-state index contributed by atoms with van der Waals surface area (Å²) < 4.78 is 18.9. The van der Waals surface area contributed by atoms with Gasteiger partial charge in [0.15, 0.2) is 0 Å². The van der Waals surface area contributed by atoms with E-state index < -0.39 is 0 Å². The zero-order chi connectivity index (χ0) is 13.7. The minimum Gasteiger partial charge on any atom is -0.389 e. The van der Waals surface area contributed by atoms with Gasteiger partial charge in [-0.05, 0) is 18.2 Å². The molecule has 1 aromatic rings. The number of hydrogen-bond donors (Lipinski definition) is 2. The maximum absolute atomic E-state index is 13.6. The van der Waals surface area contributed by atoms with E-state index in [-0.39, 0.29) is 16.4 Å². The lowest BCUT2D eigenvalue weighted by Gasteiger charge is -2.26. The van der Waals surface area contributed by atoms with Gasteiger partial charge in [0.2, 0.25) is 0 Å². The zero-order valence-electron chi connectivity index (χ0n) is 10.7. The number of thiocarbonyl (C=S) groups is 1. The van der Waals surface area contributed by atoms with E-state index in [1.54, 1.807) is 12.1 Å². The third-order valence-electron chi connectivity index (χ3n) is 3.10. The summed E-state index contributed by atoms with van der Waals surface area (Å²) in [6.45, 7) is 5.18. The molecule has 1 aliphatic rings. The van der Waals surface area contributed by atoms with E-state index >= 15 is 0 Å². The summed E-state index contributed by atoms with van der Waals surface area (Å²) in [6.07, 6.45) is 0. The molecule has 0 amide bonds. The van der Waals surface area contributed by atoms with Gasteiger partial charge in [0.1, 0.15) is 10.8 Å². The normalized spacial score (nSPS) is 16.3. The van der Waals surface area contributed by atoms with Crippen molar-refractivity contribution < 1.29 is 9.13 Å². The monoisotopic (exact) mass is 283 g/mol. The van der Waals surface area contributed by atoms with Crippen molar-refractivity contribution in [2.75, 3.05) is 44.7 Å². The van der Waals surface area contributed by atoms with Crippen LogP contribution in [0.2, 0.25) is 0 Å². The zero-order valence-corrected chi connectivity index (χ0v) is 11.5. The number of ether oxygens (including phenoxy) is 1. The van der Waals surface area contributed by atoms with Gasteiger partial charge in [-0.15, -0.1) is 0 Å². The summed E-state index contributed by atoms with van der Waals surface area (Å²) >= 11 is 4.76. The standard InChI is InChI=1S/C13H18FN3OS/c14-12-9-10(1-2-11(12)13(15)19)16-3-4-17-5-7-18-8-6-17/h1-2,9,16H,3-8H2,(H2,15,19). The average Bonchev–Trinajstić information content (AvgIpc) is 2.39. The molecule has 0 bridgehead atoms. The number of rotatable bonds is 5. The van der Waals surface area contributed by atoms with E-state index in [1.165, 1.54) is 6.07 Å². The average molecular weight is 283 g/mol. The Bertz CT molecular complexity index is 450. The van der Waals surface area contributed by atoms with E-state index in [9.17, 15) is 4.39 Å². The Kier molecular flexibility index (Phi) is 5.07. The molecular formula is C13H18FN3OS. The SMILES string of the molecule is NC(=S)c1ccc(NCCN2CCOCC2)cc1F. The Balaban J connectivity index is 1.82. The second-order valence-corrected chi connectivity index (χ2v) is 4.88. The fourth-order valence-electron chi connectivity index (χ4n) is 2.01. The van der Waals surface area contributed by atoms with Gasteiger partial charge in [0.05, 0.1) is 13.2 Å². The summed E-state index contributed by atoms with van der Waals surface area (Å²) in [7, 11) is 0. The topological polar surface area (TPSA) is 50.5 Å². The van der Waals surface area contributed by atoms with Crippen LogP contribution in [0.3, 0.4) is 0 Å². The first-order valence-electron chi connectivity index (χ1n) is 6.30. The number of hydrogen-bond acceptors (Lipinski definition) is 4. The van der Waals surface area contributed by atoms with Crippen molar-refractivity contribution in [1.82, 2.24) is 4.90 Å². The molecule has 3 N–H and O–H groups in total. The molecule has 104 valence electrons. The van der Waals surface area contributed by atoms with Crippen LogP contribution in [0, 0.1) is 5.82 Å². The van der Waals surface area contributed by atoms with E-state index in [4.69, 9.17) is 22.7 Å². The van der Waals surface area contributed by atoms with Crippen LogP contribution in [0.1, 0.15) is 5.56 Å². The van der Waals surface area contributed by atoms with E-state index in [0.717, 1.165) is 45.1 Å². The predicted molar refractivity (Wildman–Crippen MR) is 78.0 cm³/mol. The maximum Gasteiger partial charge on any atom is 0.135 e. The van der Waals surface area contributed by atoms with Crippen LogP contribution in [0.5, 0.6) is 0 Å². The van der Waals surface area contributed by atoms with E-state index in [2.05, 4.69) is 10.2 Å². The van der Waals surface area contributed by atoms with Gasteiger partial charge in [-0.3, -0.25) is 4.90 Å². The molecular weight excluding hydrogens is 265 g/mol. The molecule has 0 spiro atoms. The summed E-state index contributed by atoms with van der Waals surface area (Å²) in [5, 5.41) is 3.19. The molecule has 1 fully saturated rings. The van der Waals surface area contributed by atoms with Crippen molar-refractivity contribution in [3.63, 3.8) is 0 Å². The van der Waals surface area contributed by atoms with Crippen molar-refractivity contribution >= 4 is 22.9 Å². The second kappa shape index (κ2) is 6.79. The molecule has 0 atom stereocenters. The highest BCUT2D eigenvalue weighted by molar-refractivity contribution is 7.80. The highest BCUT2D eigenvalue weighted by atomic mass is 32.1. The van der Waals surface area contributed by atoms with Crippen LogP contribution in [0.4, 0.5) is 10.1 Å². The number of anilines is 1. The summed E-state index contributed by atoms with van der Waals surface area (Å²) in [5.74, 6) is -0.385. The Morgan fingerprint density at radius 1 is 1.42 bits per heavy atom. The van der Waals surface area contributed by atoms with Crippen molar-refractivity contribution in [3.8, 4) is 0 Å². The van der Waals surface area contributed by atoms with Gasteiger partial charge in [-0.25, -0.2) is 4.39 Å². The largest absolute Gasteiger partial charge is 0.389 e. The summed E-state index contributed by atoms with van der Waals surface area (Å²) in [5.41, 5.74) is 6.44. The Morgan fingerprint density at radius 2 is 2.16 bits per heavy atom. The molecule has 19 heavy (non-hydrogen) atoms. The molecule has 2 rings (SSSR count). The molecule has 4 nitrogen and oxygen atoms in total. The Morgan fingerprint density at radius 3 is 2.79 bits per heavy atom. The first kappa shape index (κ1) is 14.2. The van der Waals surface area contributed by atoms with Crippen molar-refractivity contribution in [1.29, 1.82) is 0 Å². The lowest BCUT2D eigenvalue weighted by molar-refractivity contribution is 0.0398. The molecule has 0 aromatic heterocycles. The third-order valence-corrected chi connectivity index (χ3v) is 3.32. The van der Waals surface area contributed by atoms with Crippen molar-refractivity contribution in [2.24, 2.45) is 5.73 Å². The van der Waals surface area contributed by atoms with Crippen LogP contribution in [-0.4, -0.2) is 49.3 Å². The van der Waals surface area contributed by atoms with Gasteiger partial charge < -0.3 is 15.8 Å². The van der Waals surface area contributed by atoms with Crippen molar-refractivity contribution in [3.05, 3.63) is 29.6 Å². The number of morpholine rings is 1. The van der Waals surface area contributed by atoms with Crippen LogP contribution in [0.25, 0.3) is 0 Å². The second-order valence-electron chi connectivity index (χ2n) is 4.44. The highest BCUT2D eigenvalue weighted by Gasteiger charge is 2.10. The Labute approximate surface area is 117 Å². The fourth-order valence-corrected chi connectivity index (χ4v) is 2.17. The molecule has 1 aromatic carbocycles. The minimum absolute atomic E-state index is 0.0809. The maximum atomic E-state index is 13.6. The summed E-state index contributed by atoms with van der Waals surface area (Å²) in [4.78, 5) is 2.40. The number of nitrogens with zero attached hydrogens (tertiary/aromatic N) is 1. The van der Waals surface area contributed by atoms with Gasteiger partial charge in [0, 0.05) is 37.4 Å². The Hall–Kier alpha value is -1.24. The molecule has 6 heteroatoms.